The van der Waals surface area contributed by atoms with Gasteiger partial charge in [-0.3, -0.25) is 0 Å². The van der Waals surface area contributed by atoms with E-state index < -0.39 is 0 Å². The van der Waals surface area contributed by atoms with Crippen LogP contribution in [0.3, 0.4) is 0 Å². The molecule has 0 N–H and O–H groups in total. The second-order valence-electron chi connectivity index (χ2n) is 6.16. The van der Waals surface area contributed by atoms with Crippen LogP contribution in [0.25, 0.3) is 41.1 Å². The van der Waals surface area contributed by atoms with Crippen LogP contribution >= 0.6 is 22.7 Å². The molecule has 0 saturated heterocycles. The molecule has 5 aromatic rings. The molecule has 4 heteroatoms. The van der Waals surface area contributed by atoms with Crippen LogP contribution in [0.2, 0.25) is 0 Å². The molecule has 5 rings (SSSR count). The summed E-state index contributed by atoms with van der Waals surface area (Å²) in [6.45, 7) is 0. The fourth-order valence-electron chi connectivity index (χ4n) is 3.08. The average molecular weight is 378 g/mol. The van der Waals surface area contributed by atoms with Crippen molar-refractivity contribution in [2.45, 2.75) is 0 Å². The van der Waals surface area contributed by atoms with E-state index >= 15 is 0 Å². The summed E-state index contributed by atoms with van der Waals surface area (Å²) in [7, 11) is 0. The zero-order valence-electron chi connectivity index (χ0n) is 13.5. The van der Waals surface area contributed by atoms with Gasteiger partial charge >= 0.3 is 0 Å². The minimum Gasteiger partial charge on any atom is -0.207 e. The Morgan fingerprint density at radius 3 is 1.27 bits per heavy atom. The first-order valence-electron chi connectivity index (χ1n) is 8.15. The topological polar surface area (TPSA) is 0 Å². The van der Waals surface area contributed by atoms with Gasteiger partial charge in [-0.25, -0.2) is 8.78 Å². The van der Waals surface area contributed by atoms with Crippen molar-refractivity contribution in [3.63, 3.8) is 0 Å². The summed E-state index contributed by atoms with van der Waals surface area (Å²) in [5.41, 5.74) is 2.06. The van der Waals surface area contributed by atoms with Crippen LogP contribution in [0.1, 0.15) is 0 Å². The van der Waals surface area contributed by atoms with Crippen molar-refractivity contribution in [2.24, 2.45) is 0 Å². The largest absolute Gasteiger partial charge is 0.207 e. The number of rotatable bonds is 2. The lowest BCUT2D eigenvalue weighted by Gasteiger charge is -1.95. The molecule has 26 heavy (non-hydrogen) atoms. The molecule has 0 spiro atoms. The Kier molecular flexibility index (Phi) is 3.62. The molecular weight excluding hydrogens is 366 g/mol. The van der Waals surface area contributed by atoms with Crippen LogP contribution in [0.15, 0.2) is 72.8 Å². The van der Waals surface area contributed by atoms with Crippen molar-refractivity contribution >= 4 is 42.8 Å². The normalized spacial score (nSPS) is 11.5. The van der Waals surface area contributed by atoms with E-state index in [1.54, 1.807) is 22.7 Å². The summed E-state index contributed by atoms with van der Waals surface area (Å²) in [4.78, 5) is 2.27. The van der Waals surface area contributed by atoms with Crippen molar-refractivity contribution in [3.8, 4) is 20.9 Å². The maximum absolute atomic E-state index is 13.1. The van der Waals surface area contributed by atoms with Crippen LogP contribution in [0, 0.1) is 11.6 Å². The Hall–Kier alpha value is -2.56. The molecule has 3 aromatic carbocycles. The molecule has 0 atom stereocenters. The van der Waals surface area contributed by atoms with Gasteiger partial charge in [0, 0.05) is 19.2 Å². The Labute approximate surface area is 157 Å². The number of thiophene rings is 2. The van der Waals surface area contributed by atoms with Crippen molar-refractivity contribution in [1.29, 1.82) is 0 Å². The average Bonchev–Trinajstić information content (AvgIpc) is 3.23. The minimum absolute atomic E-state index is 0.219. The summed E-state index contributed by atoms with van der Waals surface area (Å²) in [6, 6.07) is 21.9. The van der Waals surface area contributed by atoms with E-state index in [9.17, 15) is 8.78 Å². The van der Waals surface area contributed by atoms with Gasteiger partial charge in [-0.2, -0.15) is 0 Å². The molecule has 0 aliphatic rings. The zero-order chi connectivity index (χ0) is 17.7. The SMILES string of the molecule is Fc1ccc(-c2cc3cc4sc(-c5ccc(F)cc5)cc4cc3s2)cc1. The summed E-state index contributed by atoms with van der Waals surface area (Å²) < 4.78 is 28.7. The lowest BCUT2D eigenvalue weighted by Crippen LogP contribution is -1.73. The highest BCUT2D eigenvalue weighted by molar-refractivity contribution is 7.23. The third kappa shape index (κ3) is 2.71. The number of fused-ring (bicyclic) bond motifs is 2. The second kappa shape index (κ2) is 6.01. The Morgan fingerprint density at radius 2 is 0.885 bits per heavy atom. The van der Waals surface area contributed by atoms with Gasteiger partial charge in [0.05, 0.1) is 0 Å². The first-order valence-corrected chi connectivity index (χ1v) is 9.78. The van der Waals surface area contributed by atoms with Crippen molar-refractivity contribution in [1.82, 2.24) is 0 Å². The van der Waals surface area contributed by atoms with Gasteiger partial charge < -0.3 is 0 Å². The van der Waals surface area contributed by atoms with Gasteiger partial charge in [0.25, 0.3) is 0 Å². The highest BCUT2D eigenvalue weighted by Crippen LogP contribution is 2.40. The maximum atomic E-state index is 13.1. The van der Waals surface area contributed by atoms with Gasteiger partial charge in [0.2, 0.25) is 0 Å². The van der Waals surface area contributed by atoms with E-state index in [1.165, 1.54) is 44.4 Å². The van der Waals surface area contributed by atoms with Crippen LogP contribution < -0.4 is 0 Å². The molecule has 0 nitrogen and oxygen atoms in total. The van der Waals surface area contributed by atoms with E-state index in [0.29, 0.717) is 0 Å². The van der Waals surface area contributed by atoms with Crippen LogP contribution in [-0.2, 0) is 0 Å². The van der Waals surface area contributed by atoms with E-state index in [2.05, 4.69) is 24.3 Å². The molecule has 0 bridgehead atoms. The van der Waals surface area contributed by atoms with E-state index in [-0.39, 0.29) is 11.6 Å². The van der Waals surface area contributed by atoms with Crippen molar-refractivity contribution in [2.75, 3.05) is 0 Å². The smallest absolute Gasteiger partial charge is 0.123 e. The third-order valence-corrected chi connectivity index (χ3v) is 6.71. The molecule has 0 fully saturated rings. The first kappa shape index (κ1) is 15.7. The summed E-state index contributed by atoms with van der Waals surface area (Å²) in [5, 5.41) is 2.38. The van der Waals surface area contributed by atoms with Gasteiger partial charge in [0.15, 0.2) is 0 Å². The molecule has 0 radical (unpaired) electrons. The number of benzene rings is 3. The maximum Gasteiger partial charge on any atom is 0.123 e. The highest BCUT2D eigenvalue weighted by Gasteiger charge is 2.09. The van der Waals surface area contributed by atoms with Crippen molar-refractivity contribution in [3.05, 3.63) is 84.4 Å². The summed E-state index contributed by atoms with van der Waals surface area (Å²) in [5.74, 6) is -0.438. The lowest BCUT2D eigenvalue weighted by atomic mass is 10.1. The van der Waals surface area contributed by atoms with Crippen molar-refractivity contribution < 1.29 is 8.78 Å². The molecule has 0 aliphatic carbocycles. The second-order valence-corrected chi connectivity index (χ2v) is 8.33. The minimum atomic E-state index is -0.219. The summed E-state index contributed by atoms with van der Waals surface area (Å²) in [6.07, 6.45) is 0. The molecule has 0 unspecified atom stereocenters. The van der Waals surface area contributed by atoms with E-state index in [1.807, 2.05) is 24.3 Å². The summed E-state index contributed by atoms with van der Waals surface area (Å²) >= 11 is 3.42. The quantitative estimate of drug-likeness (QED) is 0.295. The van der Waals surface area contributed by atoms with Gasteiger partial charge in [0.1, 0.15) is 11.6 Å². The van der Waals surface area contributed by atoms with Gasteiger partial charge in [-0.1, -0.05) is 24.3 Å². The van der Waals surface area contributed by atoms with Gasteiger partial charge in [-0.15, -0.1) is 22.7 Å². The van der Waals surface area contributed by atoms with Gasteiger partial charge in [-0.05, 0) is 70.4 Å². The lowest BCUT2D eigenvalue weighted by molar-refractivity contribution is 0.627. The van der Waals surface area contributed by atoms with Crippen LogP contribution in [0.5, 0.6) is 0 Å². The molecule has 2 aromatic heterocycles. The molecule has 126 valence electrons. The standard InChI is InChI=1S/C22H12F2S2/c23-17-5-1-13(2-6-17)19-9-15-11-22-16(12-21(15)25-19)10-20(26-22)14-3-7-18(24)8-4-14/h1-12H. The molecular formula is C22H12F2S2. The molecule has 0 saturated carbocycles. The van der Waals surface area contributed by atoms with E-state index in [4.69, 9.17) is 0 Å². The molecule has 2 heterocycles. The number of halogens is 2. The number of hydrogen-bond acceptors (Lipinski definition) is 2. The zero-order valence-corrected chi connectivity index (χ0v) is 15.1. The van der Waals surface area contributed by atoms with Crippen LogP contribution in [-0.4, -0.2) is 0 Å². The Morgan fingerprint density at radius 1 is 0.500 bits per heavy atom. The predicted molar refractivity (Wildman–Crippen MR) is 108 cm³/mol. The molecule has 0 amide bonds. The fraction of sp³-hybridized carbons (Fsp3) is 0. The fourth-order valence-corrected chi connectivity index (χ4v) is 5.28. The van der Waals surface area contributed by atoms with E-state index in [0.717, 1.165) is 20.9 Å². The predicted octanol–water partition coefficient (Wildman–Crippen LogP) is 7.73. The molecule has 0 aliphatic heterocycles. The first-order chi connectivity index (χ1) is 12.7. The van der Waals surface area contributed by atoms with Crippen LogP contribution in [0.4, 0.5) is 8.78 Å². The highest BCUT2D eigenvalue weighted by atomic mass is 32.1. The number of hydrogen-bond donors (Lipinski definition) is 0. The Balaban J connectivity index is 1.60. The monoisotopic (exact) mass is 378 g/mol. The Bertz CT molecular complexity index is 1080. The third-order valence-electron chi connectivity index (χ3n) is 4.41.